The molecule has 19 heavy (non-hydrogen) atoms. The first-order chi connectivity index (χ1) is 9.04. The minimum absolute atomic E-state index is 0.0283. The molecular formula is C13H17ClN2O2S. The number of thiophene rings is 1. The van der Waals surface area contributed by atoms with E-state index in [9.17, 15) is 9.59 Å². The van der Waals surface area contributed by atoms with Crippen molar-refractivity contribution in [3.05, 3.63) is 21.3 Å². The fraction of sp³-hybridized carbons (Fsp3) is 0.538. The van der Waals surface area contributed by atoms with Gasteiger partial charge in [-0.1, -0.05) is 11.6 Å². The number of ketones is 1. The lowest BCUT2D eigenvalue weighted by molar-refractivity contribution is -0.136. The summed E-state index contributed by atoms with van der Waals surface area (Å²) in [5, 5.41) is 0. The molecule has 1 aliphatic heterocycles. The summed E-state index contributed by atoms with van der Waals surface area (Å²) in [5.41, 5.74) is 0. The third kappa shape index (κ3) is 4.30. The van der Waals surface area contributed by atoms with Gasteiger partial charge in [-0.15, -0.1) is 11.3 Å². The van der Waals surface area contributed by atoms with Crippen molar-refractivity contribution in [2.75, 3.05) is 26.2 Å². The number of amides is 1. The Morgan fingerprint density at radius 3 is 2.47 bits per heavy atom. The summed E-state index contributed by atoms with van der Waals surface area (Å²) in [4.78, 5) is 28.0. The van der Waals surface area contributed by atoms with Gasteiger partial charge in [0.2, 0.25) is 5.91 Å². The fourth-order valence-electron chi connectivity index (χ4n) is 2.14. The second-order valence-electron chi connectivity index (χ2n) is 4.74. The highest BCUT2D eigenvalue weighted by Crippen LogP contribution is 2.23. The molecule has 1 amide bonds. The standard InChI is InChI=1S/C13H17ClN2O2S/c1-10(17)8-13(18)16-6-4-15(5-7-16)9-11-2-3-12(14)19-11/h2-3H,4-9H2,1H3. The minimum Gasteiger partial charge on any atom is -0.340 e. The van der Waals surface area contributed by atoms with Crippen LogP contribution in [-0.2, 0) is 16.1 Å². The molecule has 0 atom stereocenters. The fourth-order valence-corrected chi connectivity index (χ4v) is 3.27. The molecule has 0 radical (unpaired) electrons. The smallest absolute Gasteiger partial charge is 0.230 e. The van der Waals surface area contributed by atoms with Crippen LogP contribution in [0.25, 0.3) is 0 Å². The SMILES string of the molecule is CC(=O)CC(=O)N1CCN(Cc2ccc(Cl)s2)CC1. The third-order valence-corrected chi connectivity index (χ3v) is 4.35. The molecule has 2 heterocycles. The predicted octanol–water partition coefficient (Wildman–Crippen LogP) is 2.02. The van der Waals surface area contributed by atoms with Crippen molar-refractivity contribution in [1.29, 1.82) is 0 Å². The summed E-state index contributed by atoms with van der Waals surface area (Å²) in [6, 6.07) is 3.95. The predicted molar refractivity (Wildman–Crippen MR) is 76.5 cm³/mol. The lowest BCUT2D eigenvalue weighted by atomic mass is 10.2. The number of piperazine rings is 1. The Morgan fingerprint density at radius 2 is 1.95 bits per heavy atom. The number of carbonyl (C=O) groups excluding carboxylic acids is 2. The lowest BCUT2D eigenvalue weighted by Gasteiger charge is -2.34. The first kappa shape index (κ1) is 14.5. The Bertz CT molecular complexity index is 467. The molecule has 6 heteroatoms. The summed E-state index contributed by atoms with van der Waals surface area (Å²) >= 11 is 7.50. The van der Waals surface area contributed by atoms with Crippen LogP contribution in [0, 0.1) is 0 Å². The monoisotopic (exact) mass is 300 g/mol. The van der Waals surface area contributed by atoms with Crippen molar-refractivity contribution in [3.8, 4) is 0 Å². The Labute approximate surface area is 121 Å². The molecule has 4 nitrogen and oxygen atoms in total. The van der Waals surface area contributed by atoms with Crippen LogP contribution in [0.3, 0.4) is 0 Å². The van der Waals surface area contributed by atoms with Gasteiger partial charge >= 0.3 is 0 Å². The Kier molecular flexibility index (Phi) is 4.96. The normalized spacial score (nSPS) is 16.6. The molecule has 0 aromatic carbocycles. The van der Waals surface area contributed by atoms with Crippen molar-refractivity contribution < 1.29 is 9.59 Å². The molecule has 1 aromatic rings. The van der Waals surface area contributed by atoms with Gasteiger partial charge in [-0.05, 0) is 19.1 Å². The van der Waals surface area contributed by atoms with Crippen LogP contribution in [0.15, 0.2) is 12.1 Å². The van der Waals surface area contributed by atoms with Crippen LogP contribution >= 0.6 is 22.9 Å². The Hall–Kier alpha value is -0.910. The van der Waals surface area contributed by atoms with Crippen molar-refractivity contribution in [2.45, 2.75) is 19.9 Å². The second-order valence-corrected chi connectivity index (χ2v) is 6.54. The van der Waals surface area contributed by atoms with E-state index in [0.717, 1.165) is 24.0 Å². The zero-order valence-electron chi connectivity index (χ0n) is 10.9. The van der Waals surface area contributed by atoms with Gasteiger partial charge < -0.3 is 4.90 Å². The van der Waals surface area contributed by atoms with Crippen molar-refractivity contribution in [1.82, 2.24) is 9.80 Å². The van der Waals surface area contributed by atoms with Crippen molar-refractivity contribution in [2.24, 2.45) is 0 Å². The number of hydrogen-bond acceptors (Lipinski definition) is 4. The van der Waals surface area contributed by atoms with E-state index in [1.807, 2.05) is 12.1 Å². The summed E-state index contributed by atoms with van der Waals surface area (Å²) in [6.07, 6.45) is 0.0283. The van der Waals surface area contributed by atoms with Gasteiger partial charge in [-0.2, -0.15) is 0 Å². The lowest BCUT2D eigenvalue weighted by Crippen LogP contribution is -2.48. The first-order valence-corrected chi connectivity index (χ1v) is 7.48. The van der Waals surface area contributed by atoms with Gasteiger partial charge in [-0.25, -0.2) is 0 Å². The molecule has 0 spiro atoms. The van der Waals surface area contributed by atoms with Crippen LogP contribution in [0.2, 0.25) is 4.34 Å². The molecule has 1 aliphatic rings. The Morgan fingerprint density at radius 1 is 1.26 bits per heavy atom. The van der Waals surface area contributed by atoms with Gasteiger partial charge in [0, 0.05) is 37.6 Å². The number of nitrogens with zero attached hydrogens (tertiary/aromatic N) is 2. The number of carbonyl (C=O) groups is 2. The zero-order valence-corrected chi connectivity index (χ0v) is 12.5. The van der Waals surface area contributed by atoms with Crippen LogP contribution in [-0.4, -0.2) is 47.7 Å². The van der Waals surface area contributed by atoms with E-state index in [1.54, 1.807) is 16.2 Å². The van der Waals surface area contributed by atoms with E-state index >= 15 is 0 Å². The maximum Gasteiger partial charge on any atom is 0.230 e. The number of Topliss-reactive ketones (excluding diaryl/α,β-unsaturated/α-hetero) is 1. The molecule has 0 unspecified atom stereocenters. The summed E-state index contributed by atoms with van der Waals surface area (Å²) in [6.45, 7) is 5.43. The van der Waals surface area contributed by atoms with Crippen LogP contribution in [0.5, 0.6) is 0 Å². The van der Waals surface area contributed by atoms with E-state index in [2.05, 4.69) is 4.90 Å². The summed E-state index contributed by atoms with van der Waals surface area (Å²) in [5.74, 6) is -0.119. The highest BCUT2D eigenvalue weighted by molar-refractivity contribution is 7.16. The minimum atomic E-state index is -0.0688. The van der Waals surface area contributed by atoms with Gasteiger partial charge in [0.05, 0.1) is 10.8 Å². The summed E-state index contributed by atoms with van der Waals surface area (Å²) < 4.78 is 0.810. The third-order valence-electron chi connectivity index (χ3n) is 3.13. The molecule has 104 valence electrons. The van der Waals surface area contributed by atoms with Gasteiger partial charge in [0.25, 0.3) is 0 Å². The quantitative estimate of drug-likeness (QED) is 0.799. The topological polar surface area (TPSA) is 40.6 Å². The number of hydrogen-bond donors (Lipinski definition) is 0. The Balaban J connectivity index is 1.79. The van der Waals surface area contributed by atoms with E-state index < -0.39 is 0 Å². The molecular weight excluding hydrogens is 284 g/mol. The van der Waals surface area contributed by atoms with E-state index in [4.69, 9.17) is 11.6 Å². The molecule has 1 aromatic heterocycles. The van der Waals surface area contributed by atoms with Crippen LogP contribution in [0.4, 0.5) is 0 Å². The highest BCUT2D eigenvalue weighted by atomic mass is 35.5. The highest BCUT2D eigenvalue weighted by Gasteiger charge is 2.21. The van der Waals surface area contributed by atoms with E-state index in [1.165, 1.54) is 11.8 Å². The number of halogens is 1. The van der Waals surface area contributed by atoms with Crippen LogP contribution in [0.1, 0.15) is 18.2 Å². The zero-order chi connectivity index (χ0) is 13.8. The molecule has 1 saturated heterocycles. The molecule has 0 aliphatic carbocycles. The number of rotatable bonds is 4. The molecule has 0 saturated carbocycles. The molecule has 0 bridgehead atoms. The first-order valence-electron chi connectivity index (χ1n) is 6.28. The maximum absolute atomic E-state index is 11.7. The average molecular weight is 301 g/mol. The molecule has 0 N–H and O–H groups in total. The van der Waals surface area contributed by atoms with E-state index in [0.29, 0.717) is 13.1 Å². The average Bonchev–Trinajstić information content (AvgIpc) is 2.75. The molecule has 1 fully saturated rings. The van der Waals surface area contributed by atoms with Gasteiger partial charge in [0.15, 0.2) is 0 Å². The van der Waals surface area contributed by atoms with Crippen molar-refractivity contribution >= 4 is 34.6 Å². The summed E-state index contributed by atoms with van der Waals surface area (Å²) in [7, 11) is 0. The van der Waals surface area contributed by atoms with Crippen LogP contribution < -0.4 is 0 Å². The van der Waals surface area contributed by atoms with E-state index in [-0.39, 0.29) is 18.1 Å². The molecule has 2 rings (SSSR count). The van der Waals surface area contributed by atoms with Crippen molar-refractivity contribution in [3.63, 3.8) is 0 Å². The van der Waals surface area contributed by atoms with Gasteiger partial charge in [0.1, 0.15) is 5.78 Å². The maximum atomic E-state index is 11.7. The largest absolute Gasteiger partial charge is 0.340 e. The second kappa shape index (κ2) is 6.50. The van der Waals surface area contributed by atoms with Gasteiger partial charge in [-0.3, -0.25) is 14.5 Å².